The second-order valence-corrected chi connectivity index (χ2v) is 8.47. The lowest BCUT2D eigenvalue weighted by atomic mass is 10.1. The number of anilines is 2. The summed E-state index contributed by atoms with van der Waals surface area (Å²) in [6.45, 7) is 9.43. The van der Waals surface area contributed by atoms with E-state index < -0.39 is 0 Å². The lowest BCUT2D eigenvalue weighted by Crippen LogP contribution is -2.49. The monoisotopic (exact) mass is 443 g/mol. The zero-order valence-electron chi connectivity index (χ0n) is 19.3. The van der Waals surface area contributed by atoms with Crippen molar-refractivity contribution in [1.82, 2.24) is 14.9 Å². The van der Waals surface area contributed by atoms with Gasteiger partial charge in [-0.25, -0.2) is 9.97 Å². The Morgan fingerprint density at radius 1 is 0.909 bits per heavy atom. The Hall–Kier alpha value is -3.58. The fraction of sp³-hybridized carbons (Fsp3) is 0.308. The van der Waals surface area contributed by atoms with Gasteiger partial charge in [0, 0.05) is 49.4 Å². The van der Waals surface area contributed by atoms with E-state index in [2.05, 4.69) is 33.9 Å². The molecule has 7 nitrogen and oxygen atoms in total. The number of piperazine rings is 1. The third kappa shape index (κ3) is 5.26. The zero-order chi connectivity index (χ0) is 23.4. The normalized spacial score (nSPS) is 14.4. The van der Waals surface area contributed by atoms with Crippen molar-refractivity contribution in [3.05, 3.63) is 71.9 Å². The van der Waals surface area contributed by atoms with E-state index in [1.807, 2.05) is 30.3 Å². The smallest absolute Gasteiger partial charge is 0.274 e. The molecule has 1 fully saturated rings. The molecule has 0 spiro atoms. The zero-order valence-corrected chi connectivity index (χ0v) is 19.3. The van der Waals surface area contributed by atoms with E-state index in [0.717, 1.165) is 37.6 Å². The van der Waals surface area contributed by atoms with Crippen LogP contribution in [0.2, 0.25) is 0 Å². The quantitative estimate of drug-likeness (QED) is 0.577. The molecule has 0 radical (unpaired) electrons. The van der Waals surface area contributed by atoms with Gasteiger partial charge < -0.3 is 10.2 Å². The largest absolute Gasteiger partial charge is 0.354 e. The minimum Gasteiger partial charge on any atom is -0.354 e. The number of hydrogen-bond donors (Lipinski definition) is 1. The second kappa shape index (κ2) is 9.92. The van der Waals surface area contributed by atoms with E-state index in [9.17, 15) is 9.59 Å². The number of amides is 1. The van der Waals surface area contributed by atoms with Crippen LogP contribution in [0.3, 0.4) is 0 Å². The van der Waals surface area contributed by atoms with Crippen molar-refractivity contribution < 1.29 is 9.59 Å². The number of aromatic nitrogens is 2. The van der Waals surface area contributed by atoms with Crippen molar-refractivity contribution in [3.63, 3.8) is 0 Å². The average Bonchev–Trinajstić information content (AvgIpc) is 2.84. The van der Waals surface area contributed by atoms with E-state index in [-0.39, 0.29) is 17.4 Å². The number of para-hydroxylation sites is 1. The molecule has 1 aromatic heterocycles. The third-order valence-electron chi connectivity index (χ3n) is 5.90. The number of ketones is 1. The maximum absolute atomic E-state index is 13.2. The second-order valence-electron chi connectivity index (χ2n) is 8.47. The first kappa shape index (κ1) is 22.6. The summed E-state index contributed by atoms with van der Waals surface area (Å²) < 4.78 is 0. The minimum atomic E-state index is -0.370. The number of benzene rings is 2. The SMILES string of the molecule is CC(=O)c1ccccc1NC(=O)c1cc(N2CCN(C(C)C)CC2)nc(-c2ccccc2)n1. The molecule has 170 valence electrons. The predicted molar refractivity (Wildman–Crippen MR) is 131 cm³/mol. The first-order chi connectivity index (χ1) is 15.9. The van der Waals surface area contributed by atoms with Gasteiger partial charge in [-0.05, 0) is 32.9 Å². The molecule has 3 aromatic rings. The molecule has 1 saturated heterocycles. The Balaban J connectivity index is 1.67. The van der Waals surface area contributed by atoms with E-state index in [0.29, 0.717) is 23.1 Å². The lowest BCUT2D eigenvalue weighted by Gasteiger charge is -2.37. The molecule has 33 heavy (non-hydrogen) atoms. The summed E-state index contributed by atoms with van der Waals surface area (Å²) in [6, 6.07) is 18.9. The highest BCUT2D eigenvalue weighted by molar-refractivity contribution is 6.08. The molecule has 0 atom stereocenters. The van der Waals surface area contributed by atoms with Gasteiger partial charge in [-0.2, -0.15) is 0 Å². The molecule has 2 heterocycles. The molecule has 0 bridgehead atoms. The van der Waals surface area contributed by atoms with Crippen molar-refractivity contribution in [3.8, 4) is 11.4 Å². The van der Waals surface area contributed by atoms with Crippen molar-refractivity contribution in [2.24, 2.45) is 0 Å². The number of carbonyl (C=O) groups excluding carboxylic acids is 2. The van der Waals surface area contributed by atoms with E-state index >= 15 is 0 Å². The summed E-state index contributed by atoms with van der Waals surface area (Å²) in [5.74, 6) is 0.759. The van der Waals surface area contributed by atoms with Crippen LogP contribution in [0.5, 0.6) is 0 Å². The Morgan fingerprint density at radius 2 is 1.58 bits per heavy atom. The van der Waals surface area contributed by atoms with Crippen LogP contribution in [-0.2, 0) is 0 Å². The van der Waals surface area contributed by atoms with Crippen molar-refractivity contribution in [2.75, 3.05) is 36.4 Å². The predicted octanol–water partition coefficient (Wildman–Crippen LogP) is 4.13. The summed E-state index contributed by atoms with van der Waals surface area (Å²) in [6.07, 6.45) is 0. The van der Waals surface area contributed by atoms with Crippen LogP contribution in [0.15, 0.2) is 60.7 Å². The molecular formula is C26H29N5O2. The molecule has 0 unspecified atom stereocenters. The number of nitrogens with zero attached hydrogens (tertiary/aromatic N) is 4. The molecule has 1 N–H and O–H groups in total. The van der Waals surface area contributed by atoms with Crippen molar-refractivity contribution >= 4 is 23.2 Å². The number of hydrogen-bond acceptors (Lipinski definition) is 6. The van der Waals surface area contributed by atoms with Gasteiger partial charge >= 0.3 is 0 Å². The summed E-state index contributed by atoms with van der Waals surface area (Å²) in [5.41, 5.74) is 2.05. The molecule has 4 rings (SSSR count). The van der Waals surface area contributed by atoms with Crippen LogP contribution >= 0.6 is 0 Å². The van der Waals surface area contributed by atoms with Crippen LogP contribution in [0.4, 0.5) is 11.5 Å². The minimum absolute atomic E-state index is 0.109. The fourth-order valence-electron chi connectivity index (χ4n) is 3.98. The van der Waals surface area contributed by atoms with Gasteiger partial charge in [0.25, 0.3) is 5.91 Å². The summed E-state index contributed by atoms with van der Waals surface area (Å²) in [7, 11) is 0. The van der Waals surface area contributed by atoms with Gasteiger partial charge in [-0.15, -0.1) is 0 Å². The third-order valence-corrected chi connectivity index (χ3v) is 5.90. The van der Waals surface area contributed by atoms with Gasteiger partial charge in [-0.3, -0.25) is 14.5 Å². The Bertz CT molecular complexity index is 1140. The van der Waals surface area contributed by atoms with Gasteiger partial charge in [0.15, 0.2) is 11.6 Å². The highest BCUT2D eigenvalue weighted by Gasteiger charge is 2.22. The van der Waals surface area contributed by atoms with Gasteiger partial charge in [0.2, 0.25) is 0 Å². The van der Waals surface area contributed by atoms with Crippen LogP contribution in [-0.4, -0.2) is 58.8 Å². The molecule has 7 heteroatoms. The van der Waals surface area contributed by atoms with Gasteiger partial charge in [-0.1, -0.05) is 42.5 Å². The van der Waals surface area contributed by atoms with Crippen molar-refractivity contribution in [1.29, 1.82) is 0 Å². The van der Waals surface area contributed by atoms with Crippen LogP contribution in [0.1, 0.15) is 41.6 Å². The number of Topliss-reactive ketones (excluding diaryl/α,β-unsaturated/α-hetero) is 1. The van der Waals surface area contributed by atoms with Crippen LogP contribution in [0, 0.1) is 0 Å². The lowest BCUT2D eigenvalue weighted by molar-refractivity contribution is 0.101. The number of rotatable bonds is 6. The highest BCUT2D eigenvalue weighted by atomic mass is 16.2. The van der Waals surface area contributed by atoms with Gasteiger partial charge in [0.1, 0.15) is 11.5 Å². The highest BCUT2D eigenvalue weighted by Crippen LogP contribution is 2.23. The molecule has 2 aromatic carbocycles. The maximum atomic E-state index is 13.2. The summed E-state index contributed by atoms with van der Waals surface area (Å²) in [4.78, 5) is 39.2. The molecule has 0 saturated carbocycles. The van der Waals surface area contributed by atoms with E-state index in [4.69, 9.17) is 4.98 Å². The molecule has 1 aliphatic heterocycles. The van der Waals surface area contributed by atoms with E-state index in [1.165, 1.54) is 6.92 Å². The Morgan fingerprint density at radius 3 is 2.24 bits per heavy atom. The summed E-state index contributed by atoms with van der Waals surface area (Å²) in [5, 5.41) is 2.86. The number of carbonyl (C=O) groups is 2. The molecular weight excluding hydrogens is 414 g/mol. The summed E-state index contributed by atoms with van der Waals surface area (Å²) >= 11 is 0. The van der Waals surface area contributed by atoms with Crippen LogP contribution in [0.25, 0.3) is 11.4 Å². The first-order valence-corrected chi connectivity index (χ1v) is 11.3. The standard InChI is InChI=1S/C26H29N5O2/c1-18(2)30-13-15-31(16-14-30)24-17-23(27-25(29-24)20-9-5-4-6-10-20)26(33)28-22-12-8-7-11-21(22)19(3)32/h4-12,17-18H,13-16H2,1-3H3,(H,28,33). The molecule has 1 amide bonds. The fourth-order valence-corrected chi connectivity index (χ4v) is 3.98. The Kier molecular flexibility index (Phi) is 6.79. The molecule has 1 aliphatic rings. The average molecular weight is 444 g/mol. The molecule has 0 aliphatic carbocycles. The first-order valence-electron chi connectivity index (χ1n) is 11.3. The Labute approximate surface area is 194 Å². The number of nitrogens with one attached hydrogen (secondary N) is 1. The van der Waals surface area contributed by atoms with Gasteiger partial charge in [0.05, 0.1) is 5.69 Å². The van der Waals surface area contributed by atoms with Crippen molar-refractivity contribution in [2.45, 2.75) is 26.8 Å². The topological polar surface area (TPSA) is 78.4 Å². The van der Waals surface area contributed by atoms with Crippen LogP contribution < -0.4 is 10.2 Å². The van der Waals surface area contributed by atoms with E-state index in [1.54, 1.807) is 30.3 Å². The maximum Gasteiger partial charge on any atom is 0.274 e.